The highest BCUT2D eigenvalue weighted by atomic mass is 32.2. The standard InChI is InChI=1S/C12H13F2NO5S/c13-7-4-9(11(14)10(5-7)21(15,17)18)12(16)20-6-8-2-1-3-19-8/h4-5,8H,1-3,6H2,(H2,15,17,18). The molecule has 6 nitrogen and oxygen atoms in total. The summed E-state index contributed by atoms with van der Waals surface area (Å²) in [4.78, 5) is 10.6. The van der Waals surface area contributed by atoms with Crippen molar-refractivity contribution < 1.29 is 31.5 Å². The molecule has 2 rings (SSSR count). The molecule has 1 unspecified atom stereocenters. The van der Waals surface area contributed by atoms with Gasteiger partial charge in [0.2, 0.25) is 10.0 Å². The maximum atomic E-state index is 13.9. The molecule has 0 radical (unpaired) electrons. The molecule has 1 heterocycles. The van der Waals surface area contributed by atoms with E-state index in [9.17, 15) is 22.0 Å². The van der Waals surface area contributed by atoms with Crippen molar-refractivity contribution in [2.75, 3.05) is 13.2 Å². The fourth-order valence-corrected chi connectivity index (χ4v) is 2.58. The van der Waals surface area contributed by atoms with E-state index in [0.717, 1.165) is 6.42 Å². The van der Waals surface area contributed by atoms with Crippen molar-refractivity contribution in [2.24, 2.45) is 5.14 Å². The molecule has 2 N–H and O–H groups in total. The molecule has 1 fully saturated rings. The third-order valence-electron chi connectivity index (χ3n) is 2.95. The zero-order valence-electron chi connectivity index (χ0n) is 10.8. The van der Waals surface area contributed by atoms with Crippen LogP contribution in [0.25, 0.3) is 0 Å². The Morgan fingerprint density at radius 1 is 1.43 bits per heavy atom. The summed E-state index contributed by atoms with van der Waals surface area (Å²) in [6, 6.07) is 0.962. The number of carbonyl (C=O) groups excluding carboxylic acids is 1. The zero-order chi connectivity index (χ0) is 15.6. The molecular weight excluding hydrogens is 308 g/mol. The first-order valence-corrected chi connectivity index (χ1v) is 7.64. The number of hydrogen-bond acceptors (Lipinski definition) is 5. The number of ether oxygens (including phenoxy) is 2. The van der Waals surface area contributed by atoms with Crippen LogP contribution in [0.1, 0.15) is 23.2 Å². The summed E-state index contributed by atoms with van der Waals surface area (Å²) in [5, 5.41) is 4.76. The van der Waals surface area contributed by atoms with E-state index in [0.29, 0.717) is 25.2 Å². The molecule has 21 heavy (non-hydrogen) atoms. The first-order chi connectivity index (χ1) is 9.79. The van der Waals surface area contributed by atoms with Gasteiger partial charge in [-0.25, -0.2) is 27.1 Å². The number of primary sulfonamides is 1. The van der Waals surface area contributed by atoms with E-state index >= 15 is 0 Å². The van der Waals surface area contributed by atoms with Crippen molar-refractivity contribution in [3.8, 4) is 0 Å². The second kappa shape index (κ2) is 6.04. The fourth-order valence-electron chi connectivity index (χ4n) is 1.94. The van der Waals surface area contributed by atoms with Crippen LogP contribution in [0.4, 0.5) is 8.78 Å². The van der Waals surface area contributed by atoms with Gasteiger partial charge in [-0.05, 0) is 25.0 Å². The van der Waals surface area contributed by atoms with Crippen molar-refractivity contribution in [1.82, 2.24) is 0 Å². The number of hydrogen-bond donors (Lipinski definition) is 1. The average Bonchev–Trinajstić information content (AvgIpc) is 2.90. The van der Waals surface area contributed by atoms with Crippen LogP contribution in [0.5, 0.6) is 0 Å². The minimum absolute atomic E-state index is 0.112. The highest BCUT2D eigenvalue weighted by Gasteiger charge is 2.25. The van der Waals surface area contributed by atoms with Crippen LogP contribution in [0.15, 0.2) is 17.0 Å². The van der Waals surface area contributed by atoms with E-state index < -0.39 is 38.1 Å². The van der Waals surface area contributed by atoms with Crippen molar-refractivity contribution in [1.29, 1.82) is 0 Å². The Labute approximate surface area is 119 Å². The molecule has 0 aliphatic carbocycles. The van der Waals surface area contributed by atoms with E-state index in [1.165, 1.54) is 0 Å². The molecule has 9 heteroatoms. The van der Waals surface area contributed by atoms with Crippen molar-refractivity contribution in [3.63, 3.8) is 0 Å². The summed E-state index contributed by atoms with van der Waals surface area (Å²) in [7, 11) is -4.49. The summed E-state index contributed by atoms with van der Waals surface area (Å²) in [5.74, 6) is -3.71. The molecule has 0 aromatic heterocycles. The Kier molecular flexibility index (Phi) is 4.55. The van der Waals surface area contributed by atoms with Crippen molar-refractivity contribution in [2.45, 2.75) is 23.8 Å². The Balaban J connectivity index is 2.22. The monoisotopic (exact) mass is 321 g/mol. The van der Waals surface area contributed by atoms with Gasteiger partial charge in [-0.15, -0.1) is 0 Å². The molecule has 1 aromatic carbocycles. The number of rotatable bonds is 4. The summed E-state index contributed by atoms with van der Waals surface area (Å²) < 4.78 is 59.6. The highest BCUT2D eigenvalue weighted by Crippen LogP contribution is 2.20. The van der Waals surface area contributed by atoms with Crippen molar-refractivity contribution >= 4 is 16.0 Å². The van der Waals surface area contributed by atoms with Crippen LogP contribution in [-0.2, 0) is 19.5 Å². The number of sulfonamides is 1. The molecular formula is C12H13F2NO5S. The molecule has 1 atom stereocenters. The maximum Gasteiger partial charge on any atom is 0.341 e. The summed E-state index contributed by atoms with van der Waals surface area (Å²) >= 11 is 0. The summed E-state index contributed by atoms with van der Waals surface area (Å²) in [6.07, 6.45) is 1.23. The quantitative estimate of drug-likeness (QED) is 0.833. The molecule has 1 saturated heterocycles. The SMILES string of the molecule is NS(=O)(=O)c1cc(F)cc(C(=O)OCC2CCCO2)c1F. The van der Waals surface area contributed by atoms with Gasteiger partial charge in [-0.1, -0.05) is 0 Å². The predicted octanol–water partition coefficient (Wildman–Crippen LogP) is 0.948. The lowest BCUT2D eigenvalue weighted by Gasteiger charge is -2.11. The largest absolute Gasteiger partial charge is 0.459 e. The second-order valence-electron chi connectivity index (χ2n) is 4.54. The molecule has 0 saturated carbocycles. The highest BCUT2D eigenvalue weighted by molar-refractivity contribution is 7.89. The van der Waals surface area contributed by atoms with E-state index in [1.807, 2.05) is 0 Å². The van der Waals surface area contributed by atoms with Crippen LogP contribution < -0.4 is 5.14 Å². The Bertz CT molecular complexity index is 656. The van der Waals surface area contributed by atoms with Crippen LogP contribution in [0.3, 0.4) is 0 Å². The normalized spacial score (nSPS) is 18.7. The first-order valence-electron chi connectivity index (χ1n) is 6.09. The van der Waals surface area contributed by atoms with Gasteiger partial charge in [-0.3, -0.25) is 0 Å². The number of carbonyl (C=O) groups is 1. The Morgan fingerprint density at radius 3 is 2.71 bits per heavy atom. The number of nitrogens with two attached hydrogens (primary N) is 1. The molecule has 1 aliphatic heterocycles. The van der Waals surface area contributed by atoms with Gasteiger partial charge in [0.1, 0.15) is 17.3 Å². The van der Waals surface area contributed by atoms with Crippen LogP contribution >= 0.6 is 0 Å². The van der Waals surface area contributed by atoms with Crippen LogP contribution in [-0.4, -0.2) is 33.7 Å². The molecule has 116 valence electrons. The van der Waals surface area contributed by atoms with Gasteiger partial charge in [0.15, 0.2) is 5.82 Å². The Morgan fingerprint density at radius 2 is 2.14 bits per heavy atom. The van der Waals surface area contributed by atoms with Gasteiger partial charge < -0.3 is 9.47 Å². The lowest BCUT2D eigenvalue weighted by molar-refractivity contribution is 0.0156. The number of esters is 1. The first kappa shape index (κ1) is 15.8. The van der Waals surface area contributed by atoms with Gasteiger partial charge in [0.05, 0.1) is 11.7 Å². The molecule has 0 spiro atoms. The van der Waals surface area contributed by atoms with E-state index in [4.69, 9.17) is 14.6 Å². The second-order valence-corrected chi connectivity index (χ2v) is 6.07. The lowest BCUT2D eigenvalue weighted by Crippen LogP contribution is -2.21. The van der Waals surface area contributed by atoms with Crippen molar-refractivity contribution in [3.05, 3.63) is 29.3 Å². The molecule has 1 aliphatic rings. The third kappa shape index (κ3) is 3.74. The molecule has 0 amide bonds. The van der Waals surface area contributed by atoms with Gasteiger partial charge >= 0.3 is 5.97 Å². The van der Waals surface area contributed by atoms with E-state index in [2.05, 4.69) is 0 Å². The predicted molar refractivity (Wildman–Crippen MR) is 67.0 cm³/mol. The van der Waals surface area contributed by atoms with Gasteiger partial charge in [0, 0.05) is 6.61 Å². The summed E-state index contributed by atoms with van der Waals surface area (Å²) in [6.45, 7) is 0.436. The fraction of sp³-hybridized carbons (Fsp3) is 0.417. The van der Waals surface area contributed by atoms with Gasteiger partial charge in [-0.2, -0.15) is 0 Å². The maximum absolute atomic E-state index is 13.9. The smallest absolute Gasteiger partial charge is 0.341 e. The zero-order valence-corrected chi connectivity index (χ0v) is 11.7. The molecule has 0 bridgehead atoms. The van der Waals surface area contributed by atoms with E-state index in [1.54, 1.807) is 0 Å². The van der Waals surface area contributed by atoms with Gasteiger partial charge in [0.25, 0.3) is 0 Å². The lowest BCUT2D eigenvalue weighted by atomic mass is 10.2. The number of halogens is 2. The molecule has 1 aromatic rings. The minimum Gasteiger partial charge on any atom is -0.459 e. The number of benzene rings is 1. The minimum atomic E-state index is -4.49. The van der Waals surface area contributed by atoms with Crippen LogP contribution in [0.2, 0.25) is 0 Å². The van der Waals surface area contributed by atoms with E-state index in [-0.39, 0.29) is 12.7 Å². The van der Waals surface area contributed by atoms with Crippen LogP contribution in [0, 0.1) is 11.6 Å². The topological polar surface area (TPSA) is 95.7 Å². The average molecular weight is 321 g/mol. The Hall–Kier alpha value is -1.58. The third-order valence-corrected chi connectivity index (χ3v) is 3.86. The summed E-state index contributed by atoms with van der Waals surface area (Å²) in [5.41, 5.74) is -0.822.